The highest BCUT2D eigenvalue weighted by molar-refractivity contribution is 5.36. The minimum absolute atomic E-state index is 0.162. The number of hydrogen-bond donors (Lipinski definition) is 1. The first-order valence-electron chi connectivity index (χ1n) is 5.92. The van der Waals surface area contributed by atoms with Crippen LogP contribution in [0.3, 0.4) is 0 Å². The molecule has 1 aliphatic rings. The van der Waals surface area contributed by atoms with Crippen LogP contribution in [0.15, 0.2) is 18.2 Å². The summed E-state index contributed by atoms with van der Waals surface area (Å²) in [6.45, 7) is 3.93. The molecule has 0 bridgehead atoms. The molecule has 1 unspecified atom stereocenters. The van der Waals surface area contributed by atoms with Crippen molar-refractivity contribution in [1.29, 1.82) is 0 Å². The molecule has 0 aromatic heterocycles. The second-order valence-electron chi connectivity index (χ2n) is 4.51. The van der Waals surface area contributed by atoms with E-state index in [9.17, 15) is 4.39 Å². The Morgan fingerprint density at radius 1 is 1.59 bits per heavy atom. The first-order valence-corrected chi connectivity index (χ1v) is 5.92. The third-order valence-electron chi connectivity index (χ3n) is 2.96. The zero-order chi connectivity index (χ0) is 12.3. The molecule has 0 spiro atoms. The summed E-state index contributed by atoms with van der Waals surface area (Å²) in [5.74, 6) is 0.651. The van der Waals surface area contributed by atoms with Crippen molar-refractivity contribution in [2.75, 3.05) is 19.8 Å². The molecule has 1 fully saturated rings. The van der Waals surface area contributed by atoms with Crippen LogP contribution in [0.5, 0.6) is 5.75 Å². The number of halogens is 1. The van der Waals surface area contributed by atoms with E-state index in [2.05, 4.69) is 0 Å². The molecule has 1 aliphatic heterocycles. The molecule has 4 heteroatoms. The molecule has 2 rings (SSSR count). The average Bonchev–Trinajstić information content (AvgIpc) is 2.78. The van der Waals surface area contributed by atoms with E-state index in [1.165, 1.54) is 12.1 Å². The highest BCUT2D eigenvalue weighted by atomic mass is 19.1. The summed E-state index contributed by atoms with van der Waals surface area (Å²) < 4.78 is 24.1. The lowest BCUT2D eigenvalue weighted by molar-refractivity contribution is 0.166. The van der Waals surface area contributed by atoms with Crippen LogP contribution in [-0.2, 0) is 4.74 Å². The van der Waals surface area contributed by atoms with Gasteiger partial charge in [0.15, 0.2) is 0 Å². The molecule has 17 heavy (non-hydrogen) atoms. The van der Waals surface area contributed by atoms with Gasteiger partial charge in [0.2, 0.25) is 0 Å². The quantitative estimate of drug-likeness (QED) is 0.876. The van der Waals surface area contributed by atoms with Crippen molar-refractivity contribution in [3.63, 3.8) is 0 Å². The number of hydrogen-bond acceptors (Lipinski definition) is 3. The third kappa shape index (κ3) is 3.17. The summed E-state index contributed by atoms with van der Waals surface area (Å²) in [4.78, 5) is 0. The minimum Gasteiger partial charge on any atom is -0.493 e. The lowest BCUT2D eigenvalue weighted by Crippen LogP contribution is -2.14. The van der Waals surface area contributed by atoms with Gasteiger partial charge in [0, 0.05) is 30.2 Å². The van der Waals surface area contributed by atoms with Crippen LogP contribution in [0, 0.1) is 11.7 Å². The molecule has 94 valence electrons. The SMILES string of the molecule is C[C@@H](N)c1ccc(F)cc1OCC1CCOC1. The summed E-state index contributed by atoms with van der Waals surface area (Å²) >= 11 is 0. The van der Waals surface area contributed by atoms with Gasteiger partial charge in [0.1, 0.15) is 11.6 Å². The van der Waals surface area contributed by atoms with Gasteiger partial charge < -0.3 is 15.2 Å². The Morgan fingerprint density at radius 3 is 3.06 bits per heavy atom. The Labute approximate surface area is 101 Å². The zero-order valence-corrected chi connectivity index (χ0v) is 9.99. The summed E-state index contributed by atoms with van der Waals surface area (Å²) in [7, 11) is 0. The van der Waals surface area contributed by atoms with Crippen LogP contribution in [-0.4, -0.2) is 19.8 Å². The van der Waals surface area contributed by atoms with Crippen LogP contribution >= 0.6 is 0 Å². The van der Waals surface area contributed by atoms with E-state index in [1.54, 1.807) is 6.07 Å². The molecule has 2 N–H and O–H groups in total. The van der Waals surface area contributed by atoms with Crippen LogP contribution in [0.1, 0.15) is 24.9 Å². The molecule has 1 aromatic rings. The fourth-order valence-electron chi connectivity index (χ4n) is 1.93. The van der Waals surface area contributed by atoms with Crippen molar-refractivity contribution in [3.8, 4) is 5.75 Å². The van der Waals surface area contributed by atoms with Crippen molar-refractivity contribution in [3.05, 3.63) is 29.6 Å². The molecule has 3 nitrogen and oxygen atoms in total. The number of ether oxygens (including phenoxy) is 2. The smallest absolute Gasteiger partial charge is 0.126 e. The second-order valence-corrected chi connectivity index (χ2v) is 4.51. The van der Waals surface area contributed by atoms with Gasteiger partial charge in [-0.2, -0.15) is 0 Å². The van der Waals surface area contributed by atoms with Gasteiger partial charge in [-0.3, -0.25) is 0 Å². The summed E-state index contributed by atoms with van der Waals surface area (Å²) in [6.07, 6.45) is 1.00. The number of rotatable bonds is 4. The van der Waals surface area contributed by atoms with Crippen molar-refractivity contribution in [2.45, 2.75) is 19.4 Å². The van der Waals surface area contributed by atoms with E-state index in [0.29, 0.717) is 18.3 Å². The van der Waals surface area contributed by atoms with E-state index < -0.39 is 0 Å². The molecule has 0 aliphatic carbocycles. The molecular formula is C13H18FNO2. The van der Waals surface area contributed by atoms with E-state index in [0.717, 1.165) is 25.2 Å². The Kier molecular flexibility index (Phi) is 3.97. The number of nitrogens with two attached hydrogens (primary N) is 1. The predicted molar refractivity (Wildman–Crippen MR) is 63.4 cm³/mol. The highest BCUT2D eigenvalue weighted by Gasteiger charge is 2.17. The fourth-order valence-corrected chi connectivity index (χ4v) is 1.93. The Morgan fingerprint density at radius 2 is 2.41 bits per heavy atom. The largest absolute Gasteiger partial charge is 0.493 e. The third-order valence-corrected chi connectivity index (χ3v) is 2.96. The Hall–Kier alpha value is -1.13. The molecular weight excluding hydrogens is 221 g/mol. The lowest BCUT2D eigenvalue weighted by atomic mass is 10.1. The molecule has 1 saturated heterocycles. The van der Waals surface area contributed by atoms with Crippen molar-refractivity contribution in [2.24, 2.45) is 11.7 Å². The summed E-state index contributed by atoms with van der Waals surface area (Å²) in [6, 6.07) is 4.32. The first-order chi connectivity index (χ1) is 8.16. The zero-order valence-electron chi connectivity index (χ0n) is 9.99. The van der Waals surface area contributed by atoms with E-state index in [-0.39, 0.29) is 11.9 Å². The molecule has 0 saturated carbocycles. The molecule has 1 heterocycles. The monoisotopic (exact) mass is 239 g/mol. The molecule has 2 atom stereocenters. The standard InChI is InChI=1S/C13H18FNO2/c1-9(15)12-3-2-11(14)6-13(12)17-8-10-4-5-16-7-10/h2-3,6,9-10H,4-5,7-8,15H2,1H3/t9-,10?/m1/s1. The normalized spacial score (nSPS) is 21.5. The molecule has 1 aromatic carbocycles. The summed E-state index contributed by atoms with van der Waals surface area (Å²) in [5, 5.41) is 0. The van der Waals surface area contributed by atoms with Crippen molar-refractivity contribution >= 4 is 0 Å². The van der Waals surface area contributed by atoms with Crippen LogP contribution < -0.4 is 10.5 Å². The Bertz CT molecular complexity index is 376. The second kappa shape index (κ2) is 5.47. The van der Waals surface area contributed by atoms with Gasteiger partial charge >= 0.3 is 0 Å². The molecule has 0 radical (unpaired) electrons. The van der Waals surface area contributed by atoms with Crippen LogP contribution in [0.25, 0.3) is 0 Å². The van der Waals surface area contributed by atoms with Gasteiger partial charge in [-0.1, -0.05) is 6.07 Å². The first kappa shape index (κ1) is 12.3. The van der Waals surface area contributed by atoms with Crippen molar-refractivity contribution in [1.82, 2.24) is 0 Å². The topological polar surface area (TPSA) is 44.5 Å². The van der Waals surface area contributed by atoms with E-state index in [4.69, 9.17) is 15.2 Å². The minimum atomic E-state index is -0.299. The lowest BCUT2D eigenvalue weighted by Gasteiger charge is -2.16. The maximum Gasteiger partial charge on any atom is 0.126 e. The maximum atomic E-state index is 13.2. The molecule has 0 amide bonds. The van der Waals surface area contributed by atoms with Gasteiger partial charge in [-0.25, -0.2) is 4.39 Å². The van der Waals surface area contributed by atoms with Gasteiger partial charge in [-0.05, 0) is 19.4 Å². The van der Waals surface area contributed by atoms with Crippen LogP contribution in [0.2, 0.25) is 0 Å². The van der Waals surface area contributed by atoms with Gasteiger partial charge in [0.25, 0.3) is 0 Å². The average molecular weight is 239 g/mol. The highest BCUT2D eigenvalue weighted by Crippen LogP contribution is 2.26. The maximum absolute atomic E-state index is 13.2. The summed E-state index contributed by atoms with van der Waals surface area (Å²) in [5.41, 5.74) is 6.66. The predicted octanol–water partition coefficient (Wildman–Crippen LogP) is 2.26. The van der Waals surface area contributed by atoms with E-state index >= 15 is 0 Å². The number of benzene rings is 1. The van der Waals surface area contributed by atoms with E-state index in [1.807, 2.05) is 6.92 Å². The van der Waals surface area contributed by atoms with Crippen LogP contribution in [0.4, 0.5) is 4.39 Å². The Balaban J connectivity index is 2.04. The fraction of sp³-hybridized carbons (Fsp3) is 0.538. The van der Waals surface area contributed by atoms with Crippen molar-refractivity contribution < 1.29 is 13.9 Å². The van der Waals surface area contributed by atoms with Gasteiger partial charge in [-0.15, -0.1) is 0 Å². The van der Waals surface area contributed by atoms with Gasteiger partial charge in [0.05, 0.1) is 13.2 Å².